The van der Waals surface area contributed by atoms with Gasteiger partial charge in [-0.1, -0.05) is 23.7 Å². The number of carbonyl (C=O) groups excluding carboxylic acids is 1. The average molecular weight is 274 g/mol. The quantitative estimate of drug-likeness (QED) is 0.750. The van der Waals surface area contributed by atoms with E-state index < -0.39 is 0 Å². The first-order valence-electron chi connectivity index (χ1n) is 5.45. The number of para-hydroxylation sites is 1. The molecule has 3 aromatic rings. The van der Waals surface area contributed by atoms with E-state index >= 15 is 0 Å². The Morgan fingerprint density at radius 1 is 1.32 bits per heavy atom. The van der Waals surface area contributed by atoms with Gasteiger partial charge in [-0.3, -0.25) is 15.1 Å². The fourth-order valence-electron chi connectivity index (χ4n) is 1.69. The van der Waals surface area contributed by atoms with Gasteiger partial charge in [-0.2, -0.15) is 10.1 Å². The topological polar surface area (TPSA) is 83.6 Å². The van der Waals surface area contributed by atoms with Crippen LogP contribution in [0.15, 0.2) is 36.8 Å². The van der Waals surface area contributed by atoms with Crippen LogP contribution in [0.4, 0.5) is 5.95 Å². The number of hydrogen-bond acceptors (Lipinski definition) is 4. The maximum absolute atomic E-state index is 12.0. The SMILES string of the molecule is O=C(Nc1ncn[nH]1)c1cnc2c(Cl)cccc2c1. The molecule has 0 saturated heterocycles. The summed E-state index contributed by atoms with van der Waals surface area (Å²) in [6, 6.07) is 7.13. The van der Waals surface area contributed by atoms with E-state index in [1.165, 1.54) is 12.5 Å². The van der Waals surface area contributed by atoms with Crippen LogP contribution in [-0.2, 0) is 0 Å². The first kappa shape index (κ1) is 11.6. The summed E-state index contributed by atoms with van der Waals surface area (Å²) in [5.41, 5.74) is 1.09. The van der Waals surface area contributed by atoms with Gasteiger partial charge in [-0.05, 0) is 12.1 Å². The number of pyridine rings is 1. The molecule has 94 valence electrons. The van der Waals surface area contributed by atoms with E-state index in [1.807, 2.05) is 12.1 Å². The molecule has 0 unspecified atom stereocenters. The fraction of sp³-hybridized carbons (Fsp3) is 0. The minimum absolute atomic E-state index is 0.288. The second-order valence-electron chi connectivity index (χ2n) is 3.82. The van der Waals surface area contributed by atoms with E-state index in [1.54, 1.807) is 12.1 Å². The number of carbonyl (C=O) groups is 1. The lowest BCUT2D eigenvalue weighted by Crippen LogP contribution is -2.13. The largest absolute Gasteiger partial charge is 0.291 e. The molecule has 1 aromatic carbocycles. The zero-order valence-corrected chi connectivity index (χ0v) is 10.3. The molecule has 3 rings (SSSR count). The highest BCUT2D eigenvalue weighted by atomic mass is 35.5. The highest BCUT2D eigenvalue weighted by Gasteiger charge is 2.10. The number of aromatic nitrogens is 4. The molecular formula is C12H8ClN5O. The lowest BCUT2D eigenvalue weighted by molar-refractivity contribution is 0.102. The fourth-order valence-corrected chi connectivity index (χ4v) is 1.92. The molecule has 0 aliphatic heterocycles. The number of nitrogens with one attached hydrogen (secondary N) is 2. The van der Waals surface area contributed by atoms with Crippen LogP contribution in [0.5, 0.6) is 0 Å². The number of amides is 1. The van der Waals surface area contributed by atoms with Crippen molar-refractivity contribution in [3.8, 4) is 0 Å². The van der Waals surface area contributed by atoms with Crippen LogP contribution in [0.25, 0.3) is 10.9 Å². The van der Waals surface area contributed by atoms with Crippen molar-refractivity contribution in [1.82, 2.24) is 20.2 Å². The number of rotatable bonds is 2. The Morgan fingerprint density at radius 3 is 3.00 bits per heavy atom. The van der Waals surface area contributed by atoms with Gasteiger partial charge in [-0.25, -0.2) is 5.10 Å². The molecule has 0 bridgehead atoms. The summed E-state index contributed by atoms with van der Waals surface area (Å²) in [5, 5.41) is 10.1. The molecule has 2 aromatic heterocycles. The Kier molecular flexibility index (Phi) is 2.85. The molecule has 0 atom stereocenters. The van der Waals surface area contributed by atoms with Crippen LogP contribution in [0.3, 0.4) is 0 Å². The minimum Gasteiger partial charge on any atom is -0.291 e. The predicted octanol–water partition coefficient (Wildman–Crippen LogP) is 2.26. The lowest BCUT2D eigenvalue weighted by Gasteiger charge is -2.04. The highest BCUT2D eigenvalue weighted by Crippen LogP contribution is 2.21. The molecule has 1 amide bonds. The molecular weight excluding hydrogens is 266 g/mol. The second-order valence-corrected chi connectivity index (χ2v) is 4.23. The number of fused-ring (bicyclic) bond motifs is 1. The number of H-pyrrole nitrogens is 1. The van der Waals surface area contributed by atoms with Gasteiger partial charge in [-0.15, -0.1) is 0 Å². The van der Waals surface area contributed by atoms with E-state index in [4.69, 9.17) is 11.6 Å². The molecule has 0 radical (unpaired) electrons. The van der Waals surface area contributed by atoms with E-state index in [2.05, 4.69) is 25.5 Å². The van der Waals surface area contributed by atoms with Crippen molar-refractivity contribution in [2.75, 3.05) is 5.32 Å². The maximum atomic E-state index is 12.0. The summed E-state index contributed by atoms with van der Waals surface area (Å²) in [6.07, 6.45) is 2.79. The lowest BCUT2D eigenvalue weighted by atomic mass is 10.1. The third kappa shape index (κ3) is 2.25. The Morgan fingerprint density at radius 2 is 2.21 bits per heavy atom. The van der Waals surface area contributed by atoms with Crippen LogP contribution in [0.1, 0.15) is 10.4 Å². The second kappa shape index (κ2) is 4.66. The Hall–Kier alpha value is -2.47. The van der Waals surface area contributed by atoms with Crippen LogP contribution in [-0.4, -0.2) is 26.1 Å². The number of hydrogen-bond donors (Lipinski definition) is 2. The molecule has 2 N–H and O–H groups in total. The van der Waals surface area contributed by atoms with Crippen LogP contribution in [0.2, 0.25) is 5.02 Å². The van der Waals surface area contributed by atoms with E-state index in [9.17, 15) is 4.79 Å². The molecule has 0 spiro atoms. The van der Waals surface area contributed by atoms with Gasteiger partial charge in [0.05, 0.1) is 16.1 Å². The van der Waals surface area contributed by atoms with E-state index in [0.29, 0.717) is 16.1 Å². The van der Waals surface area contributed by atoms with Crippen molar-refractivity contribution in [2.24, 2.45) is 0 Å². The smallest absolute Gasteiger partial charge is 0.259 e. The summed E-state index contributed by atoms with van der Waals surface area (Å²) >= 11 is 6.02. The van der Waals surface area contributed by atoms with Crippen LogP contribution in [0, 0.1) is 0 Å². The molecule has 0 aliphatic carbocycles. The molecule has 0 fully saturated rings. The zero-order valence-electron chi connectivity index (χ0n) is 9.59. The Labute approximate surface area is 112 Å². The van der Waals surface area contributed by atoms with Crippen molar-refractivity contribution in [3.05, 3.63) is 47.4 Å². The number of benzene rings is 1. The molecule has 0 aliphatic rings. The molecule has 6 nitrogen and oxygen atoms in total. The van der Waals surface area contributed by atoms with Crippen molar-refractivity contribution in [2.45, 2.75) is 0 Å². The first-order valence-corrected chi connectivity index (χ1v) is 5.83. The van der Waals surface area contributed by atoms with Gasteiger partial charge in [0, 0.05) is 11.6 Å². The van der Waals surface area contributed by atoms with Gasteiger partial charge < -0.3 is 0 Å². The number of anilines is 1. The number of aromatic amines is 1. The van der Waals surface area contributed by atoms with Gasteiger partial charge in [0.25, 0.3) is 5.91 Å². The highest BCUT2D eigenvalue weighted by molar-refractivity contribution is 6.35. The molecule has 2 heterocycles. The minimum atomic E-state index is -0.314. The predicted molar refractivity (Wildman–Crippen MR) is 71.1 cm³/mol. The van der Waals surface area contributed by atoms with Gasteiger partial charge in [0.1, 0.15) is 6.33 Å². The monoisotopic (exact) mass is 273 g/mol. The van der Waals surface area contributed by atoms with Crippen molar-refractivity contribution >= 4 is 34.4 Å². The van der Waals surface area contributed by atoms with Gasteiger partial charge in [0.15, 0.2) is 0 Å². The van der Waals surface area contributed by atoms with Gasteiger partial charge in [0.2, 0.25) is 5.95 Å². The normalized spacial score (nSPS) is 10.6. The van der Waals surface area contributed by atoms with Crippen LogP contribution < -0.4 is 5.32 Å². The Balaban J connectivity index is 1.95. The maximum Gasteiger partial charge on any atom is 0.259 e. The van der Waals surface area contributed by atoms with Crippen molar-refractivity contribution in [1.29, 1.82) is 0 Å². The van der Waals surface area contributed by atoms with Crippen LogP contribution >= 0.6 is 11.6 Å². The van der Waals surface area contributed by atoms with E-state index in [-0.39, 0.29) is 11.9 Å². The number of halogens is 1. The zero-order chi connectivity index (χ0) is 13.2. The molecule has 0 saturated carbocycles. The van der Waals surface area contributed by atoms with Gasteiger partial charge >= 0.3 is 0 Å². The summed E-state index contributed by atoms with van der Waals surface area (Å²) in [6.45, 7) is 0. The summed E-state index contributed by atoms with van der Waals surface area (Å²) in [7, 11) is 0. The third-order valence-corrected chi connectivity index (χ3v) is 2.88. The standard InChI is InChI=1S/C12H8ClN5O/c13-9-3-1-2-7-4-8(5-14-10(7)9)11(19)17-12-15-6-16-18-12/h1-6H,(H2,15,16,17,18,19). The summed E-state index contributed by atoms with van der Waals surface area (Å²) in [4.78, 5) is 20.0. The van der Waals surface area contributed by atoms with E-state index in [0.717, 1.165) is 5.39 Å². The van der Waals surface area contributed by atoms with Crippen molar-refractivity contribution in [3.63, 3.8) is 0 Å². The molecule has 7 heteroatoms. The first-order chi connectivity index (χ1) is 9.24. The Bertz CT molecular complexity index is 741. The summed E-state index contributed by atoms with van der Waals surface area (Å²) in [5.74, 6) is -0.0256. The third-order valence-electron chi connectivity index (χ3n) is 2.57. The number of nitrogens with zero attached hydrogens (tertiary/aromatic N) is 3. The molecule has 19 heavy (non-hydrogen) atoms. The van der Waals surface area contributed by atoms with Crippen molar-refractivity contribution < 1.29 is 4.79 Å². The summed E-state index contributed by atoms with van der Waals surface area (Å²) < 4.78 is 0. The average Bonchev–Trinajstić information content (AvgIpc) is 2.91.